The Bertz CT molecular complexity index is 470. The molecule has 0 saturated heterocycles. The fourth-order valence-corrected chi connectivity index (χ4v) is 1.32. The van der Waals surface area contributed by atoms with E-state index in [2.05, 4.69) is 6.92 Å². The third-order valence-electron chi connectivity index (χ3n) is 2.34. The summed E-state index contributed by atoms with van der Waals surface area (Å²) < 4.78 is 5.50. The summed E-state index contributed by atoms with van der Waals surface area (Å²) in [4.78, 5) is 10.9. The van der Waals surface area contributed by atoms with Gasteiger partial charge in [0.25, 0.3) is 5.91 Å². The topological polar surface area (TPSA) is 76.1 Å². The van der Waals surface area contributed by atoms with Crippen molar-refractivity contribution < 1.29 is 9.53 Å². The zero-order valence-corrected chi connectivity index (χ0v) is 10.3. The van der Waals surface area contributed by atoms with Gasteiger partial charge in [0.15, 0.2) is 0 Å². The molecule has 0 unspecified atom stereocenters. The number of carbonyl (C=O) groups excluding carboxylic acids is 1. The van der Waals surface area contributed by atoms with Gasteiger partial charge in [0.1, 0.15) is 17.4 Å². The van der Waals surface area contributed by atoms with E-state index in [1.807, 2.05) is 0 Å². The van der Waals surface area contributed by atoms with Crippen molar-refractivity contribution in [1.29, 1.82) is 5.26 Å². The van der Waals surface area contributed by atoms with Gasteiger partial charge >= 0.3 is 0 Å². The Morgan fingerprint density at radius 2 is 2.11 bits per heavy atom. The predicted octanol–water partition coefficient (Wildman–Crippen LogP) is 2.26. The molecule has 0 radical (unpaired) electrons. The molecule has 0 atom stereocenters. The molecule has 1 rings (SSSR count). The number of rotatable bonds is 6. The number of hydrogen-bond donors (Lipinski definition) is 1. The Labute approximate surface area is 107 Å². The van der Waals surface area contributed by atoms with Gasteiger partial charge in [0, 0.05) is 0 Å². The van der Waals surface area contributed by atoms with Crippen LogP contribution in [0.25, 0.3) is 6.08 Å². The average molecular weight is 244 g/mol. The Balaban J connectivity index is 2.71. The second-order valence-electron chi connectivity index (χ2n) is 3.81. The number of nitrogens with zero attached hydrogens (tertiary/aromatic N) is 1. The summed E-state index contributed by atoms with van der Waals surface area (Å²) in [6.45, 7) is 2.79. The molecule has 1 amide bonds. The minimum Gasteiger partial charge on any atom is -0.494 e. The van der Waals surface area contributed by atoms with Crippen LogP contribution in [-0.2, 0) is 4.79 Å². The lowest BCUT2D eigenvalue weighted by Crippen LogP contribution is -2.12. The molecule has 0 bridgehead atoms. The number of carbonyl (C=O) groups is 1. The molecule has 0 fully saturated rings. The standard InChI is InChI=1S/C14H16N2O2/c1-2-3-8-18-13-6-4-11(5-7-13)9-12(10-15)14(16)17/h4-7,9H,2-3,8H2,1H3,(H2,16,17)/b12-9-. The van der Waals surface area contributed by atoms with Gasteiger partial charge in [-0.1, -0.05) is 25.5 Å². The SMILES string of the molecule is CCCCOc1ccc(/C=C(/C#N)C(N)=O)cc1. The molecule has 94 valence electrons. The van der Waals surface area contributed by atoms with Gasteiger partial charge in [-0.05, 0) is 30.2 Å². The maximum Gasteiger partial charge on any atom is 0.259 e. The van der Waals surface area contributed by atoms with Gasteiger partial charge in [0.05, 0.1) is 6.61 Å². The molecule has 18 heavy (non-hydrogen) atoms. The van der Waals surface area contributed by atoms with Crippen molar-refractivity contribution in [3.8, 4) is 11.8 Å². The molecule has 0 spiro atoms. The van der Waals surface area contributed by atoms with E-state index in [0.29, 0.717) is 6.61 Å². The van der Waals surface area contributed by atoms with Crippen molar-refractivity contribution in [2.75, 3.05) is 6.61 Å². The molecule has 0 aromatic heterocycles. The van der Waals surface area contributed by atoms with Crippen LogP contribution < -0.4 is 10.5 Å². The molecule has 4 nitrogen and oxygen atoms in total. The molecular formula is C14H16N2O2. The van der Waals surface area contributed by atoms with Gasteiger partial charge in [-0.15, -0.1) is 0 Å². The molecule has 0 heterocycles. The van der Waals surface area contributed by atoms with Crippen molar-refractivity contribution in [1.82, 2.24) is 0 Å². The first-order valence-corrected chi connectivity index (χ1v) is 5.82. The number of primary amides is 1. The molecule has 1 aromatic carbocycles. The number of ether oxygens (including phenoxy) is 1. The second kappa shape index (κ2) is 7.13. The number of benzene rings is 1. The van der Waals surface area contributed by atoms with Crippen molar-refractivity contribution in [3.05, 3.63) is 35.4 Å². The van der Waals surface area contributed by atoms with Crippen LogP contribution in [0.5, 0.6) is 5.75 Å². The number of amides is 1. The molecule has 4 heteroatoms. The first kappa shape index (κ1) is 13.8. The van der Waals surface area contributed by atoms with Crippen LogP contribution >= 0.6 is 0 Å². The fraction of sp³-hybridized carbons (Fsp3) is 0.286. The van der Waals surface area contributed by atoms with Crippen LogP contribution in [0.1, 0.15) is 25.3 Å². The predicted molar refractivity (Wildman–Crippen MR) is 69.6 cm³/mol. The average Bonchev–Trinajstić information content (AvgIpc) is 2.37. The molecule has 0 aliphatic carbocycles. The number of nitriles is 1. The minimum atomic E-state index is -0.722. The summed E-state index contributed by atoms with van der Waals surface area (Å²) in [7, 11) is 0. The van der Waals surface area contributed by atoms with Gasteiger partial charge in [-0.3, -0.25) is 4.79 Å². The van der Waals surface area contributed by atoms with E-state index in [9.17, 15) is 4.79 Å². The Kier molecular flexibility index (Phi) is 5.46. The van der Waals surface area contributed by atoms with Crippen LogP contribution in [-0.4, -0.2) is 12.5 Å². The van der Waals surface area contributed by atoms with Crippen LogP contribution in [0.15, 0.2) is 29.8 Å². The van der Waals surface area contributed by atoms with Gasteiger partial charge in [-0.25, -0.2) is 0 Å². The molecular weight excluding hydrogens is 228 g/mol. The van der Waals surface area contributed by atoms with Crippen molar-refractivity contribution in [2.45, 2.75) is 19.8 Å². The summed E-state index contributed by atoms with van der Waals surface area (Å²) in [5.41, 5.74) is 5.73. The monoisotopic (exact) mass is 244 g/mol. The fourth-order valence-electron chi connectivity index (χ4n) is 1.32. The molecule has 0 saturated carbocycles. The van der Waals surface area contributed by atoms with Gasteiger partial charge in [0.2, 0.25) is 0 Å². The van der Waals surface area contributed by atoms with Crippen LogP contribution in [0, 0.1) is 11.3 Å². The van der Waals surface area contributed by atoms with E-state index >= 15 is 0 Å². The third-order valence-corrected chi connectivity index (χ3v) is 2.34. The minimum absolute atomic E-state index is 0.0605. The molecule has 0 aliphatic rings. The van der Waals surface area contributed by atoms with Crippen molar-refractivity contribution >= 4 is 12.0 Å². The zero-order chi connectivity index (χ0) is 13.4. The highest BCUT2D eigenvalue weighted by Gasteiger charge is 2.03. The molecule has 1 aromatic rings. The van der Waals surface area contributed by atoms with Crippen LogP contribution in [0.3, 0.4) is 0 Å². The highest BCUT2D eigenvalue weighted by molar-refractivity contribution is 6.00. The highest BCUT2D eigenvalue weighted by Crippen LogP contribution is 2.14. The number of hydrogen-bond acceptors (Lipinski definition) is 3. The Hall–Kier alpha value is -2.28. The van der Waals surface area contributed by atoms with E-state index in [1.165, 1.54) is 6.08 Å². The lowest BCUT2D eigenvalue weighted by Gasteiger charge is -2.05. The van der Waals surface area contributed by atoms with E-state index in [4.69, 9.17) is 15.7 Å². The van der Waals surface area contributed by atoms with Gasteiger partial charge < -0.3 is 10.5 Å². The van der Waals surface area contributed by atoms with Crippen molar-refractivity contribution in [2.24, 2.45) is 5.73 Å². The third kappa shape index (κ3) is 4.30. The lowest BCUT2D eigenvalue weighted by molar-refractivity contribution is -0.114. The first-order valence-electron chi connectivity index (χ1n) is 5.82. The smallest absolute Gasteiger partial charge is 0.259 e. The summed E-state index contributed by atoms with van der Waals surface area (Å²) >= 11 is 0. The first-order chi connectivity index (χ1) is 8.67. The van der Waals surface area contributed by atoms with E-state index < -0.39 is 5.91 Å². The van der Waals surface area contributed by atoms with E-state index in [0.717, 1.165) is 24.2 Å². The summed E-state index contributed by atoms with van der Waals surface area (Å²) in [5, 5.41) is 8.71. The molecule has 2 N–H and O–H groups in total. The number of nitrogens with two attached hydrogens (primary N) is 1. The zero-order valence-electron chi connectivity index (χ0n) is 10.3. The number of unbranched alkanes of at least 4 members (excludes halogenated alkanes) is 1. The summed E-state index contributed by atoms with van der Waals surface area (Å²) in [6, 6.07) is 8.93. The van der Waals surface area contributed by atoms with Crippen molar-refractivity contribution in [3.63, 3.8) is 0 Å². The summed E-state index contributed by atoms with van der Waals surface area (Å²) in [6.07, 6.45) is 3.56. The van der Waals surface area contributed by atoms with Crippen LogP contribution in [0.4, 0.5) is 0 Å². The Morgan fingerprint density at radius 1 is 1.44 bits per heavy atom. The maximum atomic E-state index is 10.9. The Morgan fingerprint density at radius 3 is 2.61 bits per heavy atom. The normalized spacial score (nSPS) is 10.8. The van der Waals surface area contributed by atoms with Gasteiger partial charge in [-0.2, -0.15) is 5.26 Å². The quantitative estimate of drug-likeness (QED) is 0.473. The maximum absolute atomic E-state index is 10.9. The van der Waals surface area contributed by atoms with E-state index in [-0.39, 0.29) is 5.57 Å². The summed E-state index contributed by atoms with van der Waals surface area (Å²) in [5.74, 6) is 0.0546. The molecule has 0 aliphatic heterocycles. The largest absolute Gasteiger partial charge is 0.494 e. The van der Waals surface area contributed by atoms with E-state index in [1.54, 1.807) is 30.3 Å². The lowest BCUT2D eigenvalue weighted by atomic mass is 10.1. The second-order valence-corrected chi connectivity index (χ2v) is 3.81. The van der Waals surface area contributed by atoms with Crippen LogP contribution in [0.2, 0.25) is 0 Å². The highest BCUT2D eigenvalue weighted by atomic mass is 16.5.